The van der Waals surface area contributed by atoms with E-state index < -0.39 is 6.04 Å². The minimum atomic E-state index is -0.453. The van der Waals surface area contributed by atoms with Crippen molar-refractivity contribution >= 4 is 5.91 Å². The molecule has 1 aromatic rings. The Morgan fingerprint density at radius 2 is 2.33 bits per heavy atom. The number of amides is 1. The zero-order valence-electron chi connectivity index (χ0n) is 9.40. The van der Waals surface area contributed by atoms with E-state index >= 15 is 0 Å². The van der Waals surface area contributed by atoms with Crippen molar-refractivity contribution in [2.45, 2.75) is 26.4 Å². The van der Waals surface area contributed by atoms with Crippen LogP contribution in [0.3, 0.4) is 0 Å². The highest BCUT2D eigenvalue weighted by molar-refractivity contribution is 5.81. The van der Waals surface area contributed by atoms with Crippen LogP contribution in [0.5, 0.6) is 0 Å². The fourth-order valence-electron chi connectivity index (χ4n) is 1.15. The molecule has 0 radical (unpaired) electrons. The zero-order chi connectivity index (χ0) is 11.4. The van der Waals surface area contributed by atoms with Crippen LogP contribution >= 0.6 is 0 Å². The van der Waals surface area contributed by atoms with Crippen LogP contribution in [-0.4, -0.2) is 21.5 Å². The maximum Gasteiger partial charge on any atom is 0.237 e. The number of rotatable bonds is 4. The summed E-state index contributed by atoms with van der Waals surface area (Å²) in [6, 6.07) is -0.453. The summed E-state index contributed by atoms with van der Waals surface area (Å²) in [5.74, 6) is 0.832. The molecule has 3 N–H and O–H groups in total. The summed E-state index contributed by atoms with van der Waals surface area (Å²) >= 11 is 0. The van der Waals surface area contributed by atoms with Gasteiger partial charge in [0, 0.05) is 19.4 Å². The molecule has 84 valence electrons. The number of nitrogens with zero attached hydrogens (tertiary/aromatic N) is 2. The Kier molecular flexibility index (Phi) is 3.85. The first-order valence-corrected chi connectivity index (χ1v) is 5.02. The van der Waals surface area contributed by atoms with Crippen LogP contribution in [0.25, 0.3) is 0 Å². The molecule has 0 fully saturated rings. The average molecular weight is 210 g/mol. The van der Waals surface area contributed by atoms with Crippen LogP contribution in [0.4, 0.5) is 0 Å². The second-order valence-corrected chi connectivity index (χ2v) is 3.94. The quantitative estimate of drug-likeness (QED) is 0.735. The summed E-state index contributed by atoms with van der Waals surface area (Å²) in [4.78, 5) is 15.6. The van der Waals surface area contributed by atoms with Gasteiger partial charge in [-0.2, -0.15) is 0 Å². The number of aryl methyl sites for hydroxylation is 1. The van der Waals surface area contributed by atoms with Gasteiger partial charge in [0.1, 0.15) is 5.82 Å². The van der Waals surface area contributed by atoms with Crippen molar-refractivity contribution in [3.63, 3.8) is 0 Å². The molecule has 5 heteroatoms. The number of nitrogens with one attached hydrogen (secondary N) is 1. The SMILES string of the molecule is CC(C)[C@H](N)C(=O)NCc1nccn1C. The zero-order valence-corrected chi connectivity index (χ0v) is 9.40. The molecular formula is C10H18N4O. The maximum atomic E-state index is 11.5. The van der Waals surface area contributed by atoms with Crippen molar-refractivity contribution in [3.05, 3.63) is 18.2 Å². The summed E-state index contributed by atoms with van der Waals surface area (Å²) in [7, 11) is 1.89. The van der Waals surface area contributed by atoms with Gasteiger partial charge < -0.3 is 15.6 Å². The van der Waals surface area contributed by atoms with Crippen molar-refractivity contribution in [1.29, 1.82) is 0 Å². The second-order valence-electron chi connectivity index (χ2n) is 3.94. The Hall–Kier alpha value is -1.36. The van der Waals surface area contributed by atoms with Crippen LogP contribution in [0.1, 0.15) is 19.7 Å². The van der Waals surface area contributed by atoms with E-state index in [4.69, 9.17) is 5.73 Å². The Bertz CT molecular complexity index is 332. The number of aromatic nitrogens is 2. The Labute approximate surface area is 89.7 Å². The molecule has 1 rings (SSSR count). The first-order chi connectivity index (χ1) is 7.02. The molecule has 5 nitrogen and oxygen atoms in total. The van der Waals surface area contributed by atoms with Crippen LogP contribution in [0, 0.1) is 5.92 Å². The van der Waals surface area contributed by atoms with Crippen molar-refractivity contribution in [3.8, 4) is 0 Å². The molecule has 1 heterocycles. The lowest BCUT2D eigenvalue weighted by molar-refractivity contribution is -0.123. The van der Waals surface area contributed by atoms with E-state index in [0.717, 1.165) is 5.82 Å². The largest absolute Gasteiger partial charge is 0.348 e. The minimum absolute atomic E-state index is 0.131. The molecule has 1 amide bonds. The van der Waals surface area contributed by atoms with Crippen molar-refractivity contribution < 1.29 is 4.79 Å². The van der Waals surface area contributed by atoms with Gasteiger partial charge in [-0.05, 0) is 5.92 Å². The smallest absolute Gasteiger partial charge is 0.237 e. The van der Waals surface area contributed by atoms with Gasteiger partial charge in [0.15, 0.2) is 0 Å². The third-order valence-electron chi connectivity index (χ3n) is 2.36. The normalized spacial score (nSPS) is 12.9. The van der Waals surface area contributed by atoms with Crippen LogP contribution in [-0.2, 0) is 18.4 Å². The third-order valence-corrected chi connectivity index (χ3v) is 2.36. The van der Waals surface area contributed by atoms with Gasteiger partial charge in [-0.25, -0.2) is 4.98 Å². The van der Waals surface area contributed by atoms with Gasteiger partial charge in [0.25, 0.3) is 0 Å². The van der Waals surface area contributed by atoms with Crippen LogP contribution in [0.15, 0.2) is 12.4 Å². The first-order valence-electron chi connectivity index (χ1n) is 5.02. The van der Waals surface area contributed by atoms with Gasteiger partial charge in [-0.1, -0.05) is 13.8 Å². The molecular weight excluding hydrogens is 192 g/mol. The van der Waals surface area contributed by atoms with E-state index in [1.807, 2.05) is 31.7 Å². The lowest BCUT2D eigenvalue weighted by atomic mass is 10.1. The Morgan fingerprint density at radius 3 is 2.80 bits per heavy atom. The number of hydrogen-bond acceptors (Lipinski definition) is 3. The molecule has 0 saturated heterocycles. The van der Waals surface area contributed by atoms with Gasteiger partial charge in [-0.3, -0.25) is 4.79 Å². The molecule has 0 unspecified atom stereocenters. The molecule has 0 aliphatic carbocycles. The first kappa shape index (κ1) is 11.7. The minimum Gasteiger partial charge on any atom is -0.348 e. The highest BCUT2D eigenvalue weighted by Gasteiger charge is 2.16. The molecule has 0 saturated carbocycles. The van der Waals surface area contributed by atoms with E-state index in [1.54, 1.807) is 6.20 Å². The lowest BCUT2D eigenvalue weighted by Gasteiger charge is -2.15. The Balaban J connectivity index is 2.44. The molecule has 1 atom stereocenters. The molecule has 0 aliphatic heterocycles. The van der Waals surface area contributed by atoms with Crippen molar-refractivity contribution in [2.24, 2.45) is 18.7 Å². The molecule has 1 aromatic heterocycles. The third kappa shape index (κ3) is 3.06. The van der Waals surface area contributed by atoms with E-state index in [1.165, 1.54) is 0 Å². The van der Waals surface area contributed by atoms with E-state index in [-0.39, 0.29) is 11.8 Å². The van der Waals surface area contributed by atoms with E-state index in [0.29, 0.717) is 6.54 Å². The summed E-state index contributed by atoms with van der Waals surface area (Å²) in [6.07, 6.45) is 3.54. The van der Waals surface area contributed by atoms with E-state index in [2.05, 4.69) is 10.3 Å². The monoisotopic (exact) mass is 210 g/mol. The van der Waals surface area contributed by atoms with Gasteiger partial charge in [0.05, 0.1) is 12.6 Å². The highest BCUT2D eigenvalue weighted by atomic mass is 16.2. The standard InChI is InChI=1S/C10H18N4O/c1-7(2)9(11)10(15)13-6-8-12-4-5-14(8)3/h4-5,7,9H,6,11H2,1-3H3,(H,13,15)/t9-/m0/s1. The van der Waals surface area contributed by atoms with Crippen molar-refractivity contribution in [2.75, 3.05) is 0 Å². The predicted octanol–water partition coefficient (Wildman–Crippen LogP) is 0.0196. The van der Waals surface area contributed by atoms with Gasteiger partial charge >= 0.3 is 0 Å². The molecule has 0 spiro atoms. The summed E-state index contributed by atoms with van der Waals surface area (Å²) in [5.41, 5.74) is 5.70. The predicted molar refractivity (Wildman–Crippen MR) is 57.9 cm³/mol. The van der Waals surface area contributed by atoms with Crippen molar-refractivity contribution in [1.82, 2.24) is 14.9 Å². The fourth-order valence-corrected chi connectivity index (χ4v) is 1.15. The molecule has 0 bridgehead atoms. The van der Waals surface area contributed by atoms with Crippen LogP contribution in [0.2, 0.25) is 0 Å². The lowest BCUT2D eigenvalue weighted by Crippen LogP contribution is -2.43. The number of nitrogens with two attached hydrogens (primary N) is 1. The number of hydrogen-bond donors (Lipinski definition) is 2. The van der Waals surface area contributed by atoms with Gasteiger partial charge in [-0.15, -0.1) is 0 Å². The maximum absolute atomic E-state index is 11.5. The van der Waals surface area contributed by atoms with E-state index in [9.17, 15) is 4.79 Å². The summed E-state index contributed by atoms with van der Waals surface area (Å²) < 4.78 is 1.86. The second kappa shape index (κ2) is 4.93. The van der Waals surface area contributed by atoms with Gasteiger partial charge in [0.2, 0.25) is 5.91 Å². The topological polar surface area (TPSA) is 72.9 Å². The van der Waals surface area contributed by atoms with Crippen LogP contribution < -0.4 is 11.1 Å². The highest BCUT2D eigenvalue weighted by Crippen LogP contribution is 1.99. The summed E-state index contributed by atoms with van der Waals surface area (Å²) in [5, 5.41) is 2.76. The number of imidazole rings is 1. The molecule has 15 heavy (non-hydrogen) atoms. The number of carbonyl (C=O) groups is 1. The number of carbonyl (C=O) groups excluding carboxylic acids is 1. The molecule has 0 aliphatic rings. The average Bonchev–Trinajstić information content (AvgIpc) is 2.59. The Morgan fingerprint density at radius 1 is 1.67 bits per heavy atom. The molecule has 0 aromatic carbocycles. The summed E-state index contributed by atoms with van der Waals surface area (Å²) in [6.45, 7) is 4.26. The fraction of sp³-hybridized carbons (Fsp3) is 0.600.